The third-order valence-electron chi connectivity index (χ3n) is 7.08. The third-order valence-corrected chi connectivity index (χ3v) is 8.24. The number of carbonyl (C=O) groups is 3. The van der Waals surface area contributed by atoms with Gasteiger partial charge >= 0.3 is 0 Å². The van der Waals surface area contributed by atoms with E-state index in [2.05, 4.69) is 27.3 Å². The molecule has 0 bridgehead atoms. The van der Waals surface area contributed by atoms with Crippen LogP contribution in [0.5, 0.6) is 0 Å². The number of anilines is 2. The quantitative estimate of drug-likeness (QED) is 0.250. The molecule has 222 valence electrons. The summed E-state index contributed by atoms with van der Waals surface area (Å²) in [6, 6.07) is 12.3. The van der Waals surface area contributed by atoms with E-state index in [9.17, 15) is 14.4 Å². The fourth-order valence-electron chi connectivity index (χ4n) is 5.12. The number of methoxy groups -OCH3 is 1. The lowest BCUT2D eigenvalue weighted by molar-refractivity contribution is -0.135. The van der Waals surface area contributed by atoms with Crippen molar-refractivity contribution in [3.8, 4) is 0 Å². The fraction of sp³-hybridized carbons (Fsp3) is 0.516. The van der Waals surface area contributed by atoms with Crippen molar-refractivity contribution < 1.29 is 23.9 Å². The average molecular weight is 583 g/mol. The Labute approximate surface area is 246 Å². The van der Waals surface area contributed by atoms with Gasteiger partial charge in [0.25, 0.3) is 0 Å². The van der Waals surface area contributed by atoms with Gasteiger partial charge in [0, 0.05) is 16.9 Å². The normalized spacial score (nSPS) is 19.1. The van der Waals surface area contributed by atoms with Crippen LogP contribution in [0.4, 0.5) is 11.4 Å². The van der Waals surface area contributed by atoms with Crippen LogP contribution in [0.3, 0.4) is 0 Å². The molecule has 1 saturated heterocycles. The standard InChI is InChI=1S/C31H42N4O5S/c1-18(2)14-24(29(37)35-25(15-19(3)4)30(38)34-22-12-13-40-31(22)39-5)33-28(36)17-20-10-11-27-23(16-20)32-21-8-6-7-9-26(21)41-27/h6-11,16,18-19,22,24-25,31-32H,12-15,17H2,1-5H3,(H,33,36)(H,34,38)(H,35,37)/t22-,24-,25-,31?/m0/s1. The largest absolute Gasteiger partial charge is 0.354 e. The topological polar surface area (TPSA) is 118 Å². The summed E-state index contributed by atoms with van der Waals surface area (Å²) in [5.41, 5.74) is 2.85. The maximum atomic E-state index is 13.5. The van der Waals surface area contributed by atoms with Gasteiger partial charge in [-0.2, -0.15) is 0 Å². The Morgan fingerprint density at radius 1 is 0.951 bits per heavy atom. The van der Waals surface area contributed by atoms with Gasteiger partial charge in [-0.3, -0.25) is 14.4 Å². The Bertz CT molecular complexity index is 1240. The number of carbonyl (C=O) groups excluding carboxylic acids is 3. The summed E-state index contributed by atoms with van der Waals surface area (Å²) in [6.45, 7) is 8.50. The molecule has 4 atom stereocenters. The van der Waals surface area contributed by atoms with Crippen LogP contribution in [0.25, 0.3) is 0 Å². The molecule has 3 amide bonds. The Kier molecular flexibility index (Phi) is 10.7. The first kappa shape index (κ1) is 30.9. The van der Waals surface area contributed by atoms with E-state index >= 15 is 0 Å². The van der Waals surface area contributed by atoms with Crippen LogP contribution in [0.15, 0.2) is 52.3 Å². The fourth-order valence-corrected chi connectivity index (χ4v) is 6.09. The second-order valence-electron chi connectivity index (χ2n) is 11.5. The van der Waals surface area contributed by atoms with Gasteiger partial charge in [-0.05, 0) is 60.9 Å². The summed E-state index contributed by atoms with van der Waals surface area (Å²) in [6.07, 6.45) is 1.19. The summed E-state index contributed by atoms with van der Waals surface area (Å²) in [4.78, 5) is 42.1. The second-order valence-corrected chi connectivity index (χ2v) is 12.6. The summed E-state index contributed by atoms with van der Waals surface area (Å²) in [5, 5.41) is 12.3. The maximum absolute atomic E-state index is 13.5. The number of ether oxygens (including phenoxy) is 2. The molecule has 1 unspecified atom stereocenters. The highest BCUT2D eigenvalue weighted by molar-refractivity contribution is 7.99. The molecule has 4 rings (SSSR count). The highest BCUT2D eigenvalue weighted by Crippen LogP contribution is 2.44. The number of amides is 3. The summed E-state index contributed by atoms with van der Waals surface area (Å²) < 4.78 is 10.8. The number of hydrogen-bond donors (Lipinski definition) is 4. The zero-order valence-electron chi connectivity index (χ0n) is 24.5. The van der Waals surface area contributed by atoms with Gasteiger partial charge in [0.15, 0.2) is 6.29 Å². The molecule has 10 heteroatoms. The minimum Gasteiger partial charge on any atom is -0.354 e. The third kappa shape index (κ3) is 8.47. The summed E-state index contributed by atoms with van der Waals surface area (Å²) in [7, 11) is 1.54. The Morgan fingerprint density at radius 3 is 2.34 bits per heavy atom. The lowest BCUT2D eigenvalue weighted by Crippen LogP contribution is -2.56. The van der Waals surface area contributed by atoms with E-state index in [0.717, 1.165) is 26.7 Å². The van der Waals surface area contributed by atoms with Crippen molar-refractivity contribution in [2.75, 3.05) is 19.0 Å². The van der Waals surface area contributed by atoms with Crippen LogP contribution in [0.2, 0.25) is 0 Å². The molecule has 2 heterocycles. The molecule has 0 aromatic heterocycles. The van der Waals surface area contributed by atoms with Crippen LogP contribution in [-0.4, -0.2) is 55.9 Å². The molecule has 2 aromatic rings. The van der Waals surface area contributed by atoms with Gasteiger partial charge in [-0.15, -0.1) is 0 Å². The molecular weight excluding hydrogens is 540 g/mol. The Morgan fingerprint density at radius 2 is 1.63 bits per heavy atom. The molecular formula is C31H42N4O5S. The highest BCUT2D eigenvalue weighted by atomic mass is 32.2. The lowest BCUT2D eigenvalue weighted by Gasteiger charge is -2.27. The van der Waals surface area contributed by atoms with Crippen molar-refractivity contribution in [2.45, 2.75) is 87.6 Å². The number of para-hydroxylation sites is 1. The molecule has 0 radical (unpaired) electrons. The highest BCUT2D eigenvalue weighted by Gasteiger charge is 2.33. The minimum atomic E-state index is -0.760. The van der Waals surface area contributed by atoms with Gasteiger partial charge in [0.1, 0.15) is 12.1 Å². The smallest absolute Gasteiger partial charge is 0.243 e. The summed E-state index contributed by atoms with van der Waals surface area (Å²) >= 11 is 1.69. The predicted molar refractivity (Wildman–Crippen MR) is 160 cm³/mol. The number of nitrogens with one attached hydrogen (secondary N) is 4. The van der Waals surface area contributed by atoms with Crippen molar-refractivity contribution in [1.29, 1.82) is 0 Å². The van der Waals surface area contributed by atoms with E-state index in [1.807, 2.05) is 64.1 Å². The predicted octanol–water partition coefficient (Wildman–Crippen LogP) is 4.38. The monoisotopic (exact) mass is 582 g/mol. The maximum Gasteiger partial charge on any atom is 0.243 e. The number of rotatable bonds is 12. The van der Waals surface area contributed by atoms with Gasteiger partial charge < -0.3 is 30.7 Å². The van der Waals surface area contributed by atoms with Crippen molar-refractivity contribution in [3.05, 3.63) is 48.0 Å². The zero-order chi connectivity index (χ0) is 29.5. The summed E-state index contributed by atoms with van der Waals surface area (Å²) in [5.74, 6) is -0.554. The van der Waals surface area contributed by atoms with E-state index in [-0.39, 0.29) is 42.0 Å². The van der Waals surface area contributed by atoms with E-state index in [0.29, 0.717) is 25.9 Å². The van der Waals surface area contributed by atoms with Gasteiger partial charge in [0.2, 0.25) is 17.7 Å². The molecule has 2 aliphatic heterocycles. The SMILES string of the molecule is COC1OCC[C@@H]1NC(=O)[C@H](CC(C)C)NC(=O)[C@H](CC(C)C)NC(=O)Cc1ccc2c(c1)Nc1ccccc1S2. The Hall–Kier alpha value is -3.08. The zero-order valence-corrected chi connectivity index (χ0v) is 25.3. The first-order valence-electron chi connectivity index (χ1n) is 14.3. The molecule has 2 aromatic carbocycles. The number of hydrogen-bond acceptors (Lipinski definition) is 7. The van der Waals surface area contributed by atoms with E-state index < -0.39 is 18.4 Å². The molecule has 9 nitrogen and oxygen atoms in total. The van der Waals surface area contributed by atoms with E-state index in [1.54, 1.807) is 18.9 Å². The van der Waals surface area contributed by atoms with Crippen LogP contribution < -0.4 is 21.3 Å². The molecule has 41 heavy (non-hydrogen) atoms. The number of benzene rings is 2. The van der Waals surface area contributed by atoms with Crippen molar-refractivity contribution in [3.63, 3.8) is 0 Å². The molecule has 1 fully saturated rings. The molecule has 0 aliphatic carbocycles. The second kappa shape index (κ2) is 14.2. The van der Waals surface area contributed by atoms with Crippen LogP contribution in [0.1, 0.15) is 52.5 Å². The number of fused-ring (bicyclic) bond motifs is 2. The van der Waals surface area contributed by atoms with Crippen LogP contribution in [0, 0.1) is 11.8 Å². The average Bonchev–Trinajstić information content (AvgIpc) is 3.37. The van der Waals surface area contributed by atoms with Crippen LogP contribution >= 0.6 is 11.8 Å². The lowest BCUT2D eigenvalue weighted by atomic mass is 9.99. The molecule has 2 aliphatic rings. The van der Waals surface area contributed by atoms with E-state index in [4.69, 9.17) is 9.47 Å². The minimum absolute atomic E-state index is 0.138. The van der Waals surface area contributed by atoms with Gasteiger partial charge in [-0.1, -0.05) is 57.7 Å². The van der Waals surface area contributed by atoms with Crippen molar-refractivity contribution in [1.82, 2.24) is 16.0 Å². The van der Waals surface area contributed by atoms with Gasteiger partial charge in [0.05, 0.1) is 30.4 Å². The Balaban J connectivity index is 1.39. The van der Waals surface area contributed by atoms with Crippen molar-refractivity contribution >= 4 is 40.9 Å². The molecule has 0 spiro atoms. The molecule has 0 saturated carbocycles. The molecule has 4 N–H and O–H groups in total. The van der Waals surface area contributed by atoms with Crippen molar-refractivity contribution in [2.24, 2.45) is 11.8 Å². The van der Waals surface area contributed by atoms with Crippen LogP contribution in [-0.2, 0) is 30.3 Å². The van der Waals surface area contributed by atoms with Gasteiger partial charge in [-0.25, -0.2) is 0 Å². The van der Waals surface area contributed by atoms with E-state index in [1.165, 1.54) is 0 Å². The first-order valence-corrected chi connectivity index (χ1v) is 15.2. The first-order chi connectivity index (χ1) is 19.6.